The summed E-state index contributed by atoms with van der Waals surface area (Å²) in [5.74, 6) is 1.88. The average Bonchev–Trinajstić information content (AvgIpc) is 2.73. The summed E-state index contributed by atoms with van der Waals surface area (Å²) in [5.41, 5.74) is 0.734. The van der Waals surface area contributed by atoms with E-state index in [4.69, 9.17) is 14.2 Å². The number of hydrogen-bond donors (Lipinski definition) is 1. The van der Waals surface area contributed by atoms with Gasteiger partial charge in [-0.25, -0.2) is 4.79 Å². The average molecular weight is 414 g/mol. The second kappa shape index (κ2) is 7.44. The highest BCUT2D eigenvalue weighted by Crippen LogP contribution is 2.63. The monoisotopic (exact) mass is 413 g/mol. The van der Waals surface area contributed by atoms with Crippen LogP contribution in [0, 0.1) is 23.2 Å². The number of nitrogens with one attached hydrogen (secondary N) is 1. The summed E-state index contributed by atoms with van der Waals surface area (Å²) in [4.78, 5) is 12.5. The molecule has 1 aromatic carbocycles. The summed E-state index contributed by atoms with van der Waals surface area (Å²) >= 11 is 0. The molecule has 0 aromatic heterocycles. The number of amides is 1. The van der Waals surface area contributed by atoms with Gasteiger partial charge in [-0.05, 0) is 44.1 Å². The molecule has 1 saturated heterocycles. The van der Waals surface area contributed by atoms with E-state index in [0.717, 1.165) is 30.6 Å². The highest BCUT2D eigenvalue weighted by atomic mass is 16.6. The zero-order valence-corrected chi connectivity index (χ0v) is 18.5. The maximum atomic E-state index is 12.5. The zero-order valence-electron chi connectivity index (χ0n) is 18.5. The van der Waals surface area contributed by atoms with Gasteiger partial charge in [0.05, 0.1) is 12.7 Å². The molecule has 1 aromatic rings. The fourth-order valence-electron chi connectivity index (χ4n) is 6.91. The van der Waals surface area contributed by atoms with Crippen molar-refractivity contribution in [2.45, 2.75) is 77.0 Å². The summed E-state index contributed by atoms with van der Waals surface area (Å²) < 4.78 is 19.0. The van der Waals surface area contributed by atoms with Crippen molar-refractivity contribution in [3.63, 3.8) is 0 Å². The second-order valence-corrected chi connectivity index (χ2v) is 10.4. The molecule has 164 valence electrons. The van der Waals surface area contributed by atoms with E-state index in [-0.39, 0.29) is 35.2 Å². The molecule has 6 atom stereocenters. The molecule has 1 N–H and O–H groups in total. The smallest absolute Gasteiger partial charge is 0.407 e. The zero-order chi connectivity index (χ0) is 20.9. The molecular weight excluding hydrogens is 378 g/mol. The molecule has 2 bridgehead atoms. The quantitative estimate of drug-likeness (QED) is 0.736. The molecule has 0 radical (unpaired) electrons. The Hall–Kier alpha value is -1.75. The minimum absolute atomic E-state index is 0.0478. The molecule has 5 rings (SSSR count). The first-order chi connectivity index (χ1) is 14.4. The summed E-state index contributed by atoms with van der Waals surface area (Å²) in [7, 11) is 0. The van der Waals surface area contributed by atoms with E-state index in [1.165, 1.54) is 19.3 Å². The lowest BCUT2D eigenvalue weighted by Crippen LogP contribution is -2.66. The predicted octanol–water partition coefficient (Wildman–Crippen LogP) is 5.25. The van der Waals surface area contributed by atoms with Gasteiger partial charge in [-0.3, -0.25) is 0 Å². The molecule has 2 saturated carbocycles. The first-order valence-electron chi connectivity index (χ1n) is 11.8. The largest absolute Gasteiger partial charge is 0.487 e. The van der Waals surface area contributed by atoms with Gasteiger partial charge in [0, 0.05) is 22.9 Å². The van der Waals surface area contributed by atoms with Gasteiger partial charge in [0.25, 0.3) is 0 Å². The summed E-state index contributed by atoms with van der Waals surface area (Å²) in [6, 6.07) is 8.55. The van der Waals surface area contributed by atoms with Crippen molar-refractivity contribution in [2.75, 3.05) is 13.2 Å². The summed E-state index contributed by atoms with van der Waals surface area (Å²) in [6.45, 7) is 7.86. The third kappa shape index (κ3) is 3.12. The number of para-hydroxylation sites is 1. The topological polar surface area (TPSA) is 56.8 Å². The van der Waals surface area contributed by atoms with Crippen LogP contribution in [0.15, 0.2) is 24.3 Å². The van der Waals surface area contributed by atoms with Crippen molar-refractivity contribution in [3.8, 4) is 5.75 Å². The Kier molecular flexibility index (Phi) is 5.00. The van der Waals surface area contributed by atoms with Gasteiger partial charge in [-0.15, -0.1) is 0 Å². The van der Waals surface area contributed by atoms with Gasteiger partial charge < -0.3 is 19.5 Å². The Balaban J connectivity index is 1.34. The van der Waals surface area contributed by atoms with Gasteiger partial charge in [0.15, 0.2) is 0 Å². The molecule has 3 fully saturated rings. The van der Waals surface area contributed by atoms with Crippen molar-refractivity contribution >= 4 is 6.09 Å². The maximum absolute atomic E-state index is 12.5. The van der Waals surface area contributed by atoms with Crippen LogP contribution in [0.1, 0.15) is 71.0 Å². The lowest BCUT2D eigenvalue weighted by atomic mass is 9.50. The van der Waals surface area contributed by atoms with Crippen LogP contribution in [0.2, 0.25) is 0 Å². The molecule has 1 amide bonds. The van der Waals surface area contributed by atoms with E-state index in [2.05, 4.69) is 44.3 Å². The van der Waals surface area contributed by atoms with Gasteiger partial charge in [-0.2, -0.15) is 0 Å². The summed E-state index contributed by atoms with van der Waals surface area (Å²) in [5, 5.41) is 3.09. The van der Waals surface area contributed by atoms with Crippen LogP contribution in [-0.2, 0) is 9.47 Å². The molecular formula is C25H35NO4. The minimum atomic E-state index is -0.267. The van der Waals surface area contributed by atoms with E-state index in [9.17, 15) is 4.79 Å². The van der Waals surface area contributed by atoms with Gasteiger partial charge in [0.1, 0.15) is 18.0 Å². The van der Waals surface area contributed by atoms with Crippen molar-refractivity contribution in [2.24, 2.45) is 23.2 Å². The summed E-state index contributed by atoms with van der Waals surface area (Å²) in [6.07, 6.45) is 6.52. The Morgan fingerprint density at radius 1 is 1.20 bits per heavy atom. The second-order valence-electron chi connectivity index (χ2n) is 10.4. The SMILES string of the molecule is C[C@H]1C[C@@]2(C)Oc3ccccc3[C@H]3OC[C@@]1(COC(=O)NC1CCCCC1)[C@@H](C)[C@@H]32. The molecule has 2 aliphatic heterocycles. The first-order valence-corrected chi connectivity index (χ1v) is 11.8. The van der Waals surface area contributed by atoms with Crippen LogP contribution < -0.4 is 10.1 Å². The van der Waals surface area contributed by atoms with Crippen LogP contribution in [0.4, 0.5) is 4.79 Å². The van der Waals surface area contributed by atoms with Crippen LogP contribution in [-0.4, -0.2) is 30.9 Å². The number of rotatable bonds is 3. The number of hydrogen-bond acceptors (Lipinski definition) is 4. The predicted molar refractivity (Wildman–Crippen MR) is 114 cm³/mol. The van der Waals surface area contributed by atoms with Crippen LogP contribution >= 0.6 is 0 Å². The number of carbonyl (C=O) groups excluding carboxylic acids is 1. The Labute approximate surface area is 179 Å². The Morgan fingerprint density at radius 2 is 1.97 bits per heavy atom. The highest BCUT2D eigenvalue weighted by Gasteiger charge is 2.64. The molecule has 30 heavy (non-hydrogen) atoms. The molecule has 0 unspecified atom stereocenters. The molecule has 2 aliphatic carbocycles. The van der Waals surface area contributed by atoms with Crippen molar-refractivity contribution < 1.29 is 19.0 Å². The van der Waals surface area contributed by atoms with Crippen molar-refractivity contribution in [1.82, 2.24) is 5.32 Å². The number of ether oxygens (including phenoxy) is 3. The van der Waals surface area contributed by atoms with E-state index >= 15 is 0 Å². The van der Waals surface area contributed by atoms with E-state index in [1.807, 2.05) is 6.07 Å². The maximum Gasteiger partial charge on any atom is 0.407 e. The minimum Gasteiger partial charge on any atom is -0.487 e. The molecule has 2 heterocycles. The van der Waals surface area contributed by atoms with E-state index in [0.29, 0.717) is 25.0 Å². The fourth-order valence-corrected chi connectivity index (χ4v) is 6.91. The van der Waals surface area contributed by atoms with Gasteiger partial charge in [-0.1, -0.05) is 51.3 Å². The number of alkyl carbamates (subject to hydrolysis) is 1. The van der Waals surface area contributed by atoms with Gasteiger partial charge >= 0.3 is 6.09 Å². The van der Waals surface area contributed by atoms with E-state index < -0.39 is 0 Å². The molecule has 5 heteroatoms. The Morgan fingerprint density at radius 3 is 2.77 bits per heavy atom. The normalized spacial score (nSPS) is 40.1. The highest BCUT2D eigenvalue weighted by molar-refractivity contribution is 5.67. The number of fused-ring (bicyclic) bond motifs is 3. The first kappa shape index (κ1) is 20.2. The molecule has 5 nitrogen and oxygen atoms in total. The van der Waals surface area contributed by atoms with Crippen molar-refractivity contribution in [1.29, 1.82) is 0 Å². The number of benzene rings is 1. The lowest BCUT2D eigenvalue weighted by Gasteiger charge is -2.63. The van der Waals surface area contributed by atoms with Crippen LogP contribution in [0.25, 0.3) is 0 Å². The van der Waals surface area contributed by atoms with E-state index in [1.54, 1.807) is 0 Å². The standard InChI is InChI=1S/C25H35NO4/c1-16-13-24(3)21-17(2)25(16,15-29-23(27)26-18-9-5-4-6-10-18)14-28-22(21)19-11-7-8-12-20(19)30-24/h7-8,11-12,16-18,21-22H,4-6,9-10,13-15H2,1-3H3,(H,26,27)/t16-,17-,21-,22+,24+,25-/m0/s1. The van der Waals surface area contributed by atoms with Gasteiger partial charge in [0.2, 0.25) is 0 Å². The van der Waals surface area contributed by atoms with Crippen LogP contribution in [0.3, 0.4) is 0 Å². The fraction of sp³-hybridized carbons (Fsp3) is 0.720. The number of carbonyl (C=O) groups is 1. The third-order valence-electron chi connectivity index (χ3n) is 8.67. The third-order valence-corrected chi connectivity index (χ3v) is 8.67. The lowest BCUT2D eigenvalue weighted by molar-refractivity contribution is -0.259. The molecule has 0 spiro atoms. The Bertz CT molecular complexity index is 806. The van der Waals surface area contributed by atoms with Crippen LogP contribution in [0.5, 0.6) is 5.75 Å². The molecule has 4 aliphatic rings. The van der Waals surface area contributed by atoms with Crippen molar-refractivity contribution in [3.05, 3.63) is 29.8 Å².